The Morgan fingerprint density at radius 3 is 2.48 bits per heavy atom. The second-order valence-corrected chi connectivity index (χ2v) is 8.21. The molecule has 2 amide bonds. The first-order chi connectivity index (χ1) is 13.0. The smallest absolute Gasteiger partial charge is 0.251 e. The van der Waals surface area contributed by atoms with Crippen molar-refractivity contribution in [2.45, 2.75) is 52.0 Å². The fourth-order valence-corrected chi connectivity index (χ4v) is 4.35. The highest BCUT2D eigenvalue weighted by Gasteiger charge is 2.27. The summed E-state index contributed by atoms with van der Waals surface area (Å²) in [5, 5.41) is 6.54. The van der Waals surface area contributed by atoms with Gasteiger partial charge < -0.3 is 15.5 Å². The van der Waals surface area contributed by atoms with E-state index in [4.69, 9.17) is 0 Å². The number of nitrogens with one attached hydrogen (secondary N) is 2. The number of nitrogens with zero attached hydrogens (tertiary/aromatic N) is 1. The highest BCUT2D eigenvalue weighted by molar-refractivity contribution is 5.95. The van der Waals surface area contributed by atoms with Crippen molar-refractivity contribution in [3.05, 3.63) is 35.4 Å². The summed E-state index contributed by atoms with van der Waals surface area (Å²) >= 11 is 0. The van der Waals surface area contributed by atoms with E-state index >= 15 is 0 Å². The van der Waals surface area contributed by atoms with E-state index in [2.05, 4.69) is 17.6 Å². The van der Waals surface area contributed by atoms with E-state index in [0.29, 0.717) is 18.3 Å². The standard InChI is InChI=1S/C22H33N3O2/c1-16-5-3-4-6-20(16)22(27)24-19-9-13-25(14-10-19)21(26)15-17(2)18-7-11-23-12-8-18/h3-6,17-19,23H,7-15H2,1-2H3,(H,24,27). The molecule has 1 aromatic carbocycles. The normalized spacial score (nSPS) is 20.3. The number of hydrogen-bond acceptors (Lipinski definition) is 3. The van der Waals surface area contributed by atoms with Gasteiger partial charge in [-0.1, -0.05) is 25.1 Å². The average Bonchev–Trinajstić information content (AvgIpc) is 2.69. The number of carbonyl (C=O) groups is 2. The lowest BCUT2D eigenvalue weighted by Gasteiger charge is -2.34. The lowest BCUT2D eigenvalue weighted by atomic mass is 9.84. The molecule has 1 unspecified atom stereocenters. The van der Waals surface area contributed by atoms with Gasteiger partial charge in [0.1, 0.15) is 0 Å². The number of carbonyl (C=O) groups excluding carboxylic acids is 2. The van der Waals surface area contributed by atoms with Gasteiger partial charge in [-0.3, -0.25) is 9.59 Å². The molecule has 2 aliphatic rings. The molecule has 0 saturated carbocycles. The molecule has 2 fully saturated rings. The van der Waals surface area contributed by atoms with Crippen molar-refractivity contribution in [3.63, 3.8) is 0 Å². The van der Waals surface area contributed by atoms with Crippen LogP contribution in [0.15, 0.2) is 24.3 Å². The molecule has 5 nitrogen and oxygen atoms in total. The molecule has 148 valence electrons. The van der Waals surface area contributed by atoms with Gasteiger partial charge in [0.2, 0.25) is 5.91 Å². The molecule has 2 saturated heterocycles. The minimum absolute atomic E-state index is 0.00240. The zero-order valence-corrected chi connectivity index (χ0v) is 16.7. The summed E-state index contributed by atoms with van der Waals surface area (Å²) in [4.78, 5) is 27.1. The lowest BCUT2D eigenvalue weighted by molar-refractivity contribution is -0.133. The minimum Gasteiger partial charge on any atom is -0.349 e. The Balaban J connectivity index is 1.43. The van der Waals surface area contributed by atoms with E-state index in [0.717, 1.165) is 50.1 Å². The van der Waals surface area contributed by atoms with E-state index in [9.17, 15) is 9.59 Å². The topological polar surface area (TPSA) is 61.4 Å². The average molecular weight is 372 g/mol. The van der Waals surface area contributed by atoms with Crippen LogP contribution in [0.25, 0.3) is 0 Å². The van der Waals surface area contributed by atoms with Gasteiger partial charge in [0.25, 0.3) is 5.91 Å². The highest BCUT2D eigenvalue weighted by Crippen LogP contribution is 2.25. The molecule has 5 heteroatoms. The lowest BCUT2D eigenvalue weighted by Crippen LogP contribution is -2.47. The molecule has 2 heterocycles. The third-order valence-corrected chi connectivity index (χ3v) is 6.26. The van der Waals surface area contributed by atoms with Crippen LogP contribution in [0.4, 0.5) is 0 Å². The van der Waals surface area contributed by atoms with Gasteiger partial charge >= 0.3 is 0 Å². The molecule has 2 aliphatic heterocycles. The van der Waals surface area contributed by atoms with Crippen molar-refractivity contribution in [1.29, 1.82) is 0 Å². The summed E-state index contributed by atoms with van der Waals surface area (Å²) in [5.41, 5.74) is 1.74. The Hall–Kier alpha value is -1.88. The van der Waals surface area contributed by atoms with Crippen LogP contribution in [0.1, 0.15) is 54.9 Å². The van der Waals surface area contributed by atoms with Gasteiger partial charge in [-0.25, -0.2) is 0 Å². The Kier molecular flexibility index (Phi) is 6.89. The summed E-state index contributed by atoms with van der Waals surface area (Å²) in [7, 11) is 0. The molecule has 2 N–H and O–H groups in total. The molecule has 1 aromatic rings. The molecule has 0 radical (unpaired) electrons. The fourth-order valence-electron chi connectivity index (χ4n) is 4.35. The van der Waals surface area contributed by atoms with E-state index in [1.54, 1.807) is 0 Å². The van der Waals surface area contributed by atoms with E-state index in [1.165, 1.54) is 12.8 Å². The van der Waals surface area contributed by atoms with Crippen molar-refractivity contribution in [1.82, 2.24) is 15.5 Å². The Bertz CT molecular complexity index is 647. The van der Waals surface area contributed by atoms with E-state index in [1.807, 2.05) is 36.1 Å². The molecule has 3 rings (SSSR count). The van der Waals surface area contributed by atoms with Gasteiger partial charge in [-0.05, 0) is 69.2 Å². The fraction of sp³-hybridized carbons (Fsp3) is 0.636. The predicted molar refractivity (Wildman–Crippen MR) is 108 cm³/mol. The third-order valence-electron chi connectivity index (χ3n) is 6.26. The zero-order valence-electron chi connectivity index (χ0n) is 16.7. The second-order valence-electron chi connectivity index (χ2n) is 8.21. The number of aryl methyl sites for hydroxylation is 1. The van der Waals surface area contributed by atoms with Crippen LogP contribution in [0.2, 0.25) is 0 Å². The largest absolute Gasteiger partial charge is 0.349 e. The second kappa shape index (κ2) is 9.36. The van der Waals surface area contributed by atoms with E-state index < -0.39 is 0 Å². The van der Waals surface area contributed by atoms with E-state index in [-0.39, 0.29) is 17.9 Å². The number of piperidine rings is 2. The molecule has 1 atom stereocenters. The number of rotatable bonds is 5. The monoisotopic (exact) mass is 371 g/mol. The number of amides is 2. The summed E-state index contributed by atoms with van der Waals surface area (Å²) in [6.45, 7) is 7.83. The number of hydrogen-bond donors (Lipinski definition) is 2. The van der Waals surface area contributed by atoms with Crippen molar-refractivity contribution in [2.24, 2.45) is 11.8 Å². The number of likely N-dealkylation sites (tertiary alicyclic amines) is 1. The minimum atomic E-state index is -0.00240. The van der Waals surface area contributed by atoms with Gasteiger partial charge in [-0.2, -0.15) is 0 Å². The summed E-state index contributed by atoms with van der Waals surface area (Å²) in [5.74, 6) is 1.40. The van der Waals surface area contributed by atoms with Crippen LogP contribution in [0.5, 0.6) is 0 Å². The Labute approximate surface area is 162 Å². The van der Waals surface area contributed by atoms with Crippen LogP contribution in [-0.4, -0.2) is 48.9 Å². The highest BCUT2D eigenvalue weighted by atomic mass is 16.2. The Morgan fingerprint density at radius 1 is 1.15 bits per heavy atom. The van der Waals surface area contributed by atoms with Crippen LogP contribution >= 0.6 is 0 Å². The SMILES string of the molecule is Cc1ccccc1C(=O)NC1CCN(C(=O)CC(C)C2CCNCC2)CC1. The number of benzene rings is 1. The van der Waals surface area contributed by atoms with Crippen molar-refractivity contribution in [3.8, 4) is 0 Å². The third kappa shape index (κ3) is 5.32. The van der Waals surface area contributed by atoms with Crippen molar-refractivity contribution in [2.75, 3.05) is 26.2 Å². The maximum atomic E-state index is 12.7. The molecule has 0 bridgehead atoms. The van der Waals surface area contributed by atoms with Crippen LogP contribution in [0, 0.1) is 18.8 Å². The van der Waals surface area contributed by atoms with Crippen LogP contribution in [0.3, 0.4) is 0 Å². The van der Waals surface area contributed by atoms with Crippen LogP contribution < -0.4 is 10.6 Å². The molecular formula is C22H33N3O2. The van der Waals surface area contributed by atoms with Crippen LogP contribution in [-0.2, 0) is 4.79 Å². The molecule has 0 aliphatic carbocycles. The van der Waals surface area contributed by atoms with Crippen molar-refractivity contribution >= 4 is 11.8 Å². The summed E-state index contributed by atoms with van der Waals surface area (Å²) < 4.78 is 0. The first-order valence-electron chi connectivity index (χ1n) is 10.4. The molecular weight excluding hydrogens is 338 g/mol. The maximum Gasteiger partial charge on any atom is 0.251 e. The maximum absolute atomic E-state index is 12.7. The molecule has 27 heavy (non-hydrogen) atoms. The van der Waals surface area contributed by atoms with Gasteiger partial charge in [-0.15, -0.1) is 0 Å². The first kappa shape index (κ1) is 19.9. The zero-order chi connectivity index (χ0) is 19.2. The molecule has 0 aromatic heterocycles. The first-order valence-corrected chi connectivity index (χ1v) is 10.4. The Morgan fingerprint density at radius 2 is 1.81 bits per heavy atom. The summed E-state index contributed by atoms with van der Waals surface area (Å²) in [6.07, 6.45) is 4.70. The quantitative estimate of drug-likeness (QED) is 0.837. The van der Waals surface area contributed by atoms with Gasteiger partial charge in [0.05, 0.1) is 0 Å². The summed E-state index contributed by atoms with van der Waals surface area (Å²) in [6, 6.07) is 7.82. The van der Waals surface area contributed by atoms with Gasteiger partial charge in [0.15, 0.2) is 0 Å². The molecule has 0 spiro atoms. The van der Waals surface area contributed by atoms with Gasteiger partial charge in [0, 0.05) is 31.1 Å². The van der Waals surface area contributed by atoms with Crippen molar-refractivity contribution < 1.29 is 9.59 Å². The predicted octanol–water partition coefficient (Wildman–Crippen LogP) is 2.74.